The summed E-state index contributed by atoms with van der Waals surface area (Å²) in [6.45, 7) is 8.33. The summed E-state index contributed by atoms with van der Waals surface area (Å²) in [6.07, 6.45) is 0. The van der Waals surface area contributed by atoms with Crippen LogP contribution in [-0.2, 0) is 0 Å². The number of thiocarbonyl (C=S) groups is 1. The summed E-state index contributed by atoms with van der Waals surface area (Å²) >= 11 is 4.84. The van der Waals surface area contributed by atoms with E-state index in [4.69, 9.17) is 18.0 Å². The molecule has 0 radical (unpaired) electrons. The van der Waals surface area contributed by atoms with Crippen molar-refractivity contribution in [1.82, 2.24) is 5.32 Å². The van der Waals surface area contributed by atoms with E-state index in [9.17, 15) is 0 Å². The summed E-state index contributed by atoms with van der Waals surface area (Å²) in [4.78, 5) is 0.598. The fourth-order valence-corrected chi connectivity index (χ4v) is 0.772. The van der Waals surface area contributed by atoms with Crippen LogP contribution in [0.2, 0.25) is 0 Å². The fourth-order valence-electron chi connectivity index (χ4n) is 0.689. The lowest BCUT2D eigenvalue weighted by molar-refractivity contribution is 0.528. The summed E-state index contributed by atoms with van der Waals surface area (Å²) in [5, 5.41) is 3.30. The Morgan fingerprint density at radius 1 is 1.36 bits per heavy atom. The van der Waals surface area contributed by atoms with Gasteiger partial charge in [-0.1, -0.05) is 33.0 Å². The van der Waals surface area contributed by atoms with E-state index in [2.05, 4.69) is 19.2 Å². The third-order valence-electron chi connectivity index (χ3n) is 1.49. The molecule has 0 aliphatic rings. The molecule has 2 nitrogen and oxygen atoms in total. The summed E-state index contributed by atoms with van der Waals surface area (Å²) in [6, 6.07) is 0. The molecule has 0 aromatic carbocycles. The Bertz CT molecular complexity index is 123. The van der Waals surface area contributed by atoms with Crippen molar-refractivity contribution in [2.24, 2.45) is 17.6 Å². The van der Waals surface area contributed by atoms with Crippen molar-refractivity contribution in [2.75, 3.05) is 13.1 Å². The minimum Gasteiger partial charge on any atom is -0.393 e. The van der Waals surface area contributed by atoms with Crippen molar-refractivity contribution < 1.29 is 0 Å². The molecule has 1 unspecified atom stereocenters. The molecular formula is C8H18N2S. The standard InChI is InChI=1S/C8H18N2S/c1-6(2)4-10-5-7(3)8(9)11/h6-7,10H,4-5H2,1-3H3,(H2,9,11). The van der Waals surface area contributed by atoms with Crippen LogP contribution in [0.4, 0.5) is 0 Å². The van der Waals surface area contributed by atoms with Gasteiger partial charge in [-0.2, -0.15) is 0 Å². The number of nitrogens with one attached hydrogen (secondary N) is 1. The Kier molecular flexibility index (Phi) is 5.42. The molecular weight excluding hydrogens is 156 g/mol. The molecule has 0 aliphatic heterocycles. The van der Waals surface area contributed by atoms with Gasteiger partial charge < -0.3 is 11.1 Å². The van der Waals surface area contributed by atoms with E-state index in [-0.39, 0.29) is 0 Å². The minimum absolute atomic E-state index is 0.309. The lowest BCUT2D eigenvalue weighted by atomic mass is 10.1. The van der Waals surface area contributed by atoms with Crippen LogP contribution in [0, 0.1) is 11.8 Å². The number of nitrogens with two attached hydrogens (primary N) is 1. The predicted molar refractivity (Wildman–Crippen MR) is 53.7 cm³/mol. The number of hydrogen-bond donors (Lipinski definition) is 2. The SMILES string of the molecule is CC(C)CNCC(C)C(N)=S. The largest absolute Gasteiger partial charge is 0.393 e. The van der Waals surface area contributed by atoms with Crippen molar-refractivity contribution in [3.63, 3.8) is 0 Å². The maximum absolute atomic E-state index is 5.44. The summed E-state index contributed by atoms with van der Waals surface area (Å²) in [5.41, 5.74) is 5.44. The van der Waals surface area contributed by atoms with E-state index >= 15 is 0 Å². The molecule has 0 amide bonds. The van der Waals surface area contributed by atoms with E-state index < -0.39 is 0 Å². The van der Waals surface area contributed by atoms with Gasteiger partial charge in [-0.3, -0.25) is 0 Å². The zero-order chi connectivity index (χ0) is 8.85. The molecule has 3 heteroatoms. The quantitative estimate of drug-likeness (QED) is 0.614. The first-order valence-corrected chi connectivity index (χ1v) is 4.45. The normalized spacial score (nSPS) is 13.5. The molecule has 0 saturated carbocycles. The molecule has 0 bridgehead atoms. The lowest BCUT2D eigenvalue weighted by Gasteiger charge is -2.11. The second-order valence-corrected chi connectivity index (χ2v) is 3.83. The van der Waals surface area contributed by atoms with Crippen LogP contribution in [0.3, 0.4) is 0 Å². The number of rotatable bonds is 5. The molecule has 0 fully saturated rings. The Labute approximate surface area is 74.5 Å². The van der Waals surface area contributed by atoms with Gasteiger partial charge in [-0.05, 0) is 12.5 Å². The van der Waals surface area contributed by atoms with Crippen LogP contribution in [0.5, 0.6) is 0 Å². The monoisotopic (exact) mass is 174 g/mol. The van der Waals surface area contributed by atoms with E-state index in [0.29, 0.717) is 16.8 Å². The van der Waals surface area contributed by atoms with Crippen LogP contribution < -0.4 is 11.1 Å². The van der Waals surface area contributed by atoms with Gasteiger partial charge in [0.25, 0.3) is 0 Å². The van der Waals surface area contributed by atoms with E-state index in [1.807, 2.05) is 6.92 Å². The third kappa shape index (κ3) is 6.26. The van der Waals surface area contributed by atoms with Crippen molar-refractivity contribution in [1.29, 1.82) is 0 Å². The fraction of sp³-hybridized carbons (Fsp3) is 0.875. The zero-order valence-electron chi connectivity index (χ0n) is 7.55. The zero-order valence-corrected chi connectivity index (χ0v) is 8.37. The first-order valence-electron chi connectivity index (χ1n) is 4.04. The number of hydrogen-bond acceptors (Lipinski definition) is 2. The highest BCUT2D eigenvalue weighted by atomic mass is 32.1. The lowest BCUT2D eigenvalue weighted by Crippen LogP contribution is -2.31. The summed E-state index contributed by atoms with van der Waals surface area (Å²) < 4.78 is 0. The van der Waals surface area contributed by atoms with E-state index in [1.165, 1.54) is 0 Å². The summed E-state index contributed by atoms with van der Waals surface area (Å²) in [7, 11) is 0. The van der Waals surface area contributed by atoms with Gasteiger partial charge in [-0.25, -0.2) is 0 Å². The van der Waals surface area contributed by atoms with Crippen molar-refractivity contribution in [3.05, 3.63) is 0 Å². The highest BCUT2D eigenvalue weighted by Gasteiger charge is 2.03. The Balaban J connectivity index is 3.31. The molecule has 3 N–H and O–H groups in total. The van der Waals surface area contributed by atoms with Gasteiger partial charge in [0.05, 0.1) is 4.99 Å². The van der Waals surface area contributed by atoms with Crippen molar-refractivity contribution >= 4 is 17.2 Å². The van der Waals surface area contributed by atoms with Crippen LogP contribution in [-0.4, -0.2) is 18.1 Å². The predicted octanol–water partition coefficient (Wildman–Crippen LogP) is 1.15. The first-order chi connectivity index (χ1) is 5.04. The molecule has 66 valence electrons. The molecule has 0 heterocycles. The smallest absolute Gasteiger partial charge is 0.0768 e. The van der Waals surface area contributed by atoms with Gasteiger partial charge in [0.2, 0.25) is 0 Å². The Morgan fingerprint density at radius 2 is 1.91 bits per heavy atom. The second kappa shape index (κ2) is 5.49. The average molecular weight is 174 g/mol. The highest BCUT2D eigenvalue weighted by molar-refractivity contribution is 7.80. The van der Waals surface area contributed by atoms with Crippen LogP contribution in [0.1, 0.15) is 20.8 Å². The van der Waals surface area contributed by atoms with Gasteiger partial charge in [0, 0.05) is 12.5 Å². The molecule has 1 atom stereocenters. The molecule has 0 saturated heterocycles. The van der Waals surface area contributed by atoms with Gasteiger partial charge in [0.1, 0.15) is 0 Å². The van der Waals surface area contributed by atoms with Crippen molar-refractivity contribution in [2.45, 2.75) is 20.8 Å². The van der Waals surface area contributed by atoms with Crippen molar-refractivity contribution in [3.8, 4) is 0 Å². The molecule has 0 spiro atoms. The third-order valence-corrected chi connectivity index (χ3v) is 1.89. The van der Waals surface area contributed by atoms with Gasteiger partial charge in [0.15, 0.2) is 0 Å². The van der Waals surface area contributed by atoms with E-state index in [0.717, 1.165) is 13.1 Å². The van der Waals surface area contributed by atoms with Gasteiger partial charge >= 0.3 is 0 Å². The van der Waals surface area contributed by atoms with Crippen LogP contribution >= 0.6 is 12.2 Å². The maximum Gasteiger partial charge on any atom is 0.0768 e. The minimum atomic E-state index is 0.309. The summed E-state index contributed by atoms with van der Waals surface area (Å²) in [5.74, 6) is 0.997. The van der Waals surface area contributed by atoms with Gasteiger partial charge in [-0.15, -0.1) is 0 Å². The molecule has 0 rings (SSSR count). The van der Waals surface area contributed by atoms with Crippen LogP contribution in [0.25, 0.3) is 0 Å². The molecule has 11 heavy (non-hydrogen) atoms. The molecule has 0 aliphatic carbocycles. The Hall–Kier alpha value is -0.150. The van der Waals surface area contributed by atoms with E-state index in [1.54, 1.807) is 0 Å². The topological polar surface area (TPSA) is 38.0 Å². The second-order valence-electron chi connectivity index (χ2n) is 3.36. The first kappa shape index (κ1) is 10.8. The maximum atomic E-state index is 5.44. The Morgan fingerprint density at radius 3 is 2.27 bits per heavy atom. The van der Waals surface area contributed by atoms with Crippen LogP contribution in [0.15, 0.2) is 0 Å². The molecule has 0 aromatic heterocycles. The molecule has 0 aromatic rings. The average Bonchev–Trinajstić information content (AvgIpc) is 1.86. The highest BCUT2D eigenvalue weighted by Crippen LogP contribution is 1.93.